The summed E-state index contributed by atoms with van der Waals surface area (Å²) in [6, 6.07) is 11.3. The molecule has 0 saturated carbocycles. The number of benzene rings is 1. The Labute approximate surface area is 143 Å². The van der Waals surface area contributed by atoms with Crippen molar-refractivity contribution >= 4 is 16.7 Å². The SMILES string of the molecule is CCn1c(C)c(C)c2ccnc(N3CCc4ccccc4C3C)c21. The highest BCUT2D eigenvalue weighted by Crippen LogP contribution is 2.37. The van der Waals surface area contributed by atoms with E-state index in [1.54, 1.807) is 0 Å². The summed E-state index contributed by atoms with van der Waals surface area (Å²) in [5, 5.41) is 1.34. The summed E-state index contributed by atoms with van der Waals surface area (Å²) >= 11 is 0. The molecule has 1 aliphatic heterocycles. The molecule has 0 N–H and O–H groups in total. The summed E-state index contributed by atoms with van der Waals surface area (Å²) < 4.78 is 2.42. The number of rotatable bonds is 2. The second-order valence-corrected chi connectivity index (χ2v) is 6.80. The van der Waals surface area contributed by atoms with Crippen LogP contribution in [0.5, 0.6) is 0 Å². The van der Waals surface area contributed by atoms with Gasteiger partial charge in [0, 0.05) is 30.4 Å². The highest BCUT2D eigenvalue weighted by Gasteiger charge is 2.27. The Balaban J connectivity index is 1.90. The molecule has 2 aromatic heterocycles. The van der Waals surface area contributed by atoms with E-state index in [2.05, 4.69) is 67.5 Å². The quantitative estimate of drug-likeness (QED) is 0.677. The van der Waals surface area contributed by atoms with Crippen LogP contribution in [0.1, 0.15) is 42.3 Å². The van der Waals surface area contributed by atoms with Gasteiger partial charge in [-0.3, -0.25) is 0 Å². The maximum Gasteiger partial charge on any atom is 0.153 e. The fourth-order valence-electron chi connectivity index (χ4n) is 4.24. The summed E-state index contributed by atoms with van der Waals surface area (Å²) in [6.45, 7) is 11.0. The van der Waals surface area contributed by atoms with Gasteiger partial charge in [-0.2, -0.15) is 0 Å². The fourth-order valence-corrected chi connectivity index (χ4v) is 4.24. The third-order valence-corrected chi connectivity index (χ3v) is 5.71. The van der Waals surface area contributed by atoms with Gasteiger partial charge in [0.1, 0.15) is 0 Å². The molecule has 4 rings (SSSR count). The average Bonchev–Trinajstić information content (AvgIpc) is 2.86. The van der Waals surface area contributed by atoms with E-state index < -0.39 is 0 Å². The molecule has 0 amide bonds. The molecule has 3 nitrogen and oxygen atoms in total. The van der Waals surface area contributed by atoms with E-state index >= 15 is 0 Å². The van der Waals surface area contributed by atoms with Gasteiger partial charge in [0.05, 0.1) is 11.6 Å². The lowest BCUT2D eigenvalue weighted by atomic mass is 9.93. The Morgan fingerprint density at radius 3 is 2.75 bits per heavy atom. The summed E-state index contributed by atoms with van der Waals surface area (Å²) in [5.74, 6) is 1.13. The molecular weight excluding hydrogens is 294 g/mol. The number of aryl methyl sites for hydroxylation is 2. The van der Waals surface area contributed by atoms with Crippen molar-refractivity contribution < 1.29 is 0 Å². The van der Waals surface area contributed by atoms with E-state index in [0.717, 1.165) is 25.3 Å². The van der Waals surface area contributed by atoms with Crippen molar-refractivity contribution in [3.63, 3.8) is 0 Å². The second kappa shape index (κ2) is 5.66. The zero-order chi connectivity index (χ0) is 16.8. The molecule has 3 heterocycles. The van der Waals surface area contributed by atoms with Crippen molar-refractivity contribution in [2.75, 3.05) is 11.4 Å². The van der Waals surface area contributed by atoms with Crippen LogP contribution in [-0.2, 0) is 13.0 Å². The van der Waals surface area contributed by atoms with Gasteiger partial charge < -0.3 is 9.47 Å². The number of anilines is 1. The number of fused-ring (bicyclic) bond motifs is 2. The first kappa shape index (κ1) is 15.3. The Morgan fingerprint density at radius 2 is 1.96 bits per heavy atom. The van der Waals surface area contributed by atoms with Crippen LogP contribution >= 0.6 is 0 Å². The smallest absolute Gasteiger partial charge is 0.153 e. The molecule has 1 atom stereocenters. The van der Waals surface area contributed by atoms with Crippen LogP contribution < -0.4 is 4.90 Å². The first-order chi connectivity index (χ1) is 11.6. The minimum atomic E-state index is 0.355. The van der Waals surface area contributed by atoms with Crippen molar-refractivity contribution in [1.29, 1.82) is 0 Å². The van der Waals surface area contributed by atoms with Gasteiger partial charge in [0.2, 0.25) is 0 Å². The van der Waals surface area contributed by atoms with E-state index in [4.69, 9.17) is 4.98 Å². The van der Waals surface area contributed by atoms with Gasteiger partial charge in [0.25, 0.3) is 0 Å². The number of aromatic nitrogens is 2. The summed E-state index contributed by atoms with van der Waals surface area (Å²) in [5.41, 5.74) is 6.94. The standard InChI is InChI=1S/C21H25N3/c1-5-23-15(3)14(2)18-10-12-22-21(20(18)23)24-13-11-17-8-6-7-9-19(17)16(24)4/h6-10,12,16H,5,11,13H2,1-4H3. The predicted molar refractivity (Wildman–Crippen MR) is 101 cm³/mol. The number of pyridine rings is 1. The zero-order valence-electron chi connectivity index (χ0n) is 15.0. The fraction of sp³-hybridized carbons (Fsp3) is 0.381. The van der Waals surface area contributed by atoms with Crippen LogP contribution in [0.3, 0.4) is 0 Å². The van der Waals surface area contributed by atoms with Crippen LogP contribution in [-0.4, -0.2) is 16.1 Å². The van der Waals surface area contributed by atoms with Gasteiger partial charge in [-0.05, 0) is 56.9 Å². The van der Waals surface area contributed by atoms with Crippen LogP contribution in [0.25, 0.3) is 10.9 Å². The largest absolute Gasteiger partial charge is 0.348 e. The Bertz CT molecular complexity index is 907. The Morgan fingerprint density at radius 1 is 1.17 bits per heavy atom. The Kier molecular flexibility index (Phi) is 3.60. The lowest BCUT2D eigenvalue weighted by molar-refractivity contribution is 0.617. The minimum Gasteiger partial charge on any atom is -0.348 e. The van der Waals surface area contributed by atoms with E-state index in [1.807, 2.05) is 6.20 Å². The molecule has 1 unspecified atom stereocenters. The molecule has 0 spiro atoms. The monoisotopic (exact) mass is 319 g/mol. The van der Waals surface area contributed by atoms with E-state index in [-0.39, 0.29) is 0 Å². The van der Waals surface area contributed by atoms with Crippen LogP contribution in [0.2, 0.25) is 0 Å². The van der Waals surface area contributed by atoms with Gasteiger partial charge in [0.15, 0.2) is 5.82 Å². The van der Waals surface area contributed by atoms with Crippen molar-refractivity contribution in [2.45, 2.75) is 46.7 Å². The maximum atomic E-state index is 4.82. The molecule has 1 aliphatic rings. The molecule has 0 saturated heterocycles. The van der Waals surface area contributed by atoms with Gasteiger partial charge >= 0.3 is 0 Å². The molecule has 0 aliphatic carbocycles. The van der Waals surface area contributed by atoms with Crippen molar-refractivity contribution in [2.24, 2.45) is 0 Å². The first-order valence-electron chi connectivity index (χ1n) is 8.92. The number of hydrogen-bond acceptors (Lipinski definition) is 2. The highest BCUT2D eigenvalue weighted by atomic mass is 15.2. The van der Waals surface area contributed by atoms with Crippen molar-refractivity contribution in [3.8, 4) is 0 Å². The molecule has 0 fully saturated rings. The lowest BCUT2D eigenvalue weighted by Gasteiger charge is -2.36. The maximum absolute atomic E-state index is 4.82. The highest BCUT2D eigenvalue weighted by molar-refractivity contribution is 5.93. The third-order valence-electron chi connectivity index (χ3n) is 5.71. The summed E-state index contributed by atoms with van der Waals surface area (Å²) in [4.78, 5) is 7.30. The molecule has 0 bridgehead atoms. The van der Waals surface area contributed by atoms with E-state index in [0.29, 0.717) is 6.04 Å². The zero-order valence-corrected chi connectivity index (χ0v) is 15.0. The van der Waals surface area contributed by atoms with Crippen LogP contribution in [0.4, 0.5) is 5.82 Å². The third kappa shape index (κ3) is 2.07. The lowest BCUT2D eigenvalue weighted by Crippen LogP contribution is -2.34. The van der Waals surface area contributed by atoms with Crippen molar-refractivity contribution in [1.82, 2.24) is 9.55 Å². The first-order valence-corrected chi connectivity index (χ1v) is 8.92. The second-order valence-electron chi connectivity index (χ2n) is 6.80. The van der Waals surface area contributed by atoms with Gasteiger partial charge in [-0.1, -0.05) is 24.3 Å². The molecule has 3 aromatic rings. The van der Waals surface area contributed by atoms with Gasteiger partial charge in [-0.15, -0.1) is 0 Å². The minimum absolute atomic E-state index is 0.355. The number of nitrogens with zero attached hydrogens (tertiary/aromatic N) is 3. The average molecular weight is 319 g/mol. The summed E-state index contributed by atoms with van der Waals surface area (Å²) in [7, 11) is 0. The van der Waals surface area contributed by atoms with Crippen molar-refractivity contribution in [3.05, 3.63) is 58.9 Å². The van der Waals surface area contributed by atoms with Crippen LogP contribution in [0.15, 0.2) is 36.5 Å². The van der Waals surface area contributed by atoms with Gasteiger partial charge in [-0.25, -0.2) is 4.98 Å². The predicted octanol–water partition coefficient (Wildman–Crippen LogP) is 4.80. The number of hydrogen-bond donors (Lipinski definition) is 0. The molecule has 3 heteroatoms. The van der Waals surface area contributed by atoms with Crippen LogP contribution in [0, 0.1) is 13.8 Å². The topological polar surface area (TPSA) is 21.1 Å². The molecule has 124 valence electrons. The Hall–Kier alpha value is -2.29. The van der Waals surface area contributed by atoms with E-state index in [9.17, 15) is 0 Å². The summed E-state index contributed by atoms with van der Waals surface area (Å²) in [6.07, 6.45) is 3.06. The van der Waals surface area contributed by atoms with E-state index in [1.165, 1.54) is 33.3 Å². The molecular formula is C21H25N3. The normalized spacial score (nSPS) is 17.3. The molecule has 1 aromatic carbocycles. The molecule has 24 heavy (non-hydrogen) atoms. The molecule has 0 radical (unpaired) electrons.